The molecule has 4 nitrogen and oxygen atoms in total. The molecular formula is C11H12ClNO3. The van der Waals surface area contributed by atoms with E-state index >= 15 is 0 Å². The Bertz CT molecular complexity index is 387. The Balaban J connectivity index is 2.71. The molecule has 1 aromatic rings. The van der Waals surface area contributed by atoms with Gasteiger partial charge in [0.1, 0.15) is 5.75 Å². The van der Waals surface area contributed by atoms with Gasteiger partial charge in [0, 0.05) is 12.0 Å². The second kappa shape index (κ2) is 6.12. The molecule has 0 bridgehead atoms. The summed E-state index contributed by atoms with van der Waals surface area (Å²) in [6, 6.07) is 6.94. The minimum absolute atomic E-state index is 0.129. The second-order valence-electron chi connectivity index (χ2n) is 2.93. The van der Waals surface area contributed by atoms with Crippen molar-refractivity contribution in [1.29, 1.82) is 0 Å². The van der Waals surface area contributed by atoms with Crippen LogP contribution >= 0.6 is 11.6 Å². The summed E-state index contributed by atoms with van der Waals surface area (Å²) in [7, 11) is 1.58. The second-order valence-corrected chi connectivity index (χ2v) is 3.29. The van der Waals surface area contributed by atoms with Crippen LogP contribution in [-0.4, -0.2) is 18.2 Å². The third-order valence-electron chi connectivity index (χ3n) is 1.84. The first kappa shape index (κ1) is 12.5. The molecule has 0 aliphatic carbocycles. The lowest BCUT2D eigenvalue weighted by atomic mass is 10.2. The van der Waals surface area contributed by atoms with Crippen LogP contribution in [0.5, 0.6) is 5.75 Å². The molecule has 0 heterocycles. The van der Waals surface area contributed by atoms with Gasteiger partial charge in [-0.3, -0.25) is 0 Å². The van der Waals surface area contributed by atoms with Gasteiger partial charge >= 0.3 is 5.97 Å². The maximum Gasteiger partial charge on any atom is 0.334 e. The van der Waals surface area contributed by atoms with E-state index in [2.05, 4.69) is 9.99 Å². The Morgan fingerprint density at radius 3 is 2.50 bits per heavy atom. The van der Waals surface area contributed by atoms with Crippen LogP contribution in [0.25, 0.3) is 0 Å². The van der Waals surface area contributed by atoms with Gasteiger partial charge in [-0.15, -0.1) is 0 Å². The van der Waals surface area contributed by atoms with E-state index in [4.69, 9.17) is 16.3 Å². The largest absolute Gasteiger partial charge is 0.497 e. The summed E-state index contributed by atoms with van der Waals surface area (Å²) in [6.07, 6.45) is 0.260. The fraction of sp³-hybridized carbons (Fsp3) is 0.273. The summed E-state index contributed by atoms with van der Waals surface area (Å²) in [6.45, 7) is 1.68. The third-order valence-corrected chi connectivity index (χ3v) is 2.13. The molecule has 0 aliphatic rings. The molecule has 1 aromatic carbocycles. The van der Waals surface area contributed by atoms with Gasteiger partial charge in [-0.05, 0) is 24.3 Å². The normalized spacial score (nSPS) is 11.1. The number of nitrogens with zero attached hydrogens (tertiary/aromatic N) is 1. The molecular weight excluding hydrogens is 230 g/mol. The number of hydrogen-bond donors (Lipinski definition) is 0. The monoisotopic (exact) mass is 241 g/mol. The lowest BCUT2D eigenvalue weighted by molar-refractivity contribution is -0.143. The first-order valence-corrected chi connectivity index (χ1v) is 5.13. The van der Waals surface area contributed by atoms with Crippen LogP contribution in [0.3, 0.4) is 0 Å². The van der Waals surface area contributed by atoms with Crippen molar-refractivity contribution in [2.45, 2.75) is 13.3 Å². The highest BCUT2D eigenvalue weighted by molar-refractivity contribution is 6.69. The van der Waals surface area contributed by atoms with E-state index in [1.165, 1.54) is 0 Å². The van der Waals surface area contributed by atoms with Crippen LogP contribution in [-0.2, 0) is 9.63 Å². The number of hydrogen-bond acceptors (Lipinski definition) is 4. The zero-order chi connectivity index (χ0) is 12.0. The van der Waals surface area contributed by atoms with Crippen LogP contribution in [0.1, 0.15) is 18.9 Å². The fourth-order valence-electron chi connectivity index (χ4n) is 0.937. The standard InChI is InChI=1S/C11H12ClNO3/c1-3-10(14)16-13-11(12)8-4-6-9(15-2)7-5-8/h4-7H,3H2,1-2H3. The third kappa shape index (κ3) is 3.55. The maximum atomic E-state index is 10.8. The van der Waals surface area contributed by atoms with Crippen molar-refractivity contribution >= 4 is 22.7 Å². The van der Waals surface area contributed by atoms with Crippen LogP contribution in [0.2, 0.25) is 0 Å². The molecule has 0 fully saturated rings. The SMILES string of the molecule is CCC(=O)ON=C(Cl)c1ccc(OC)cc1. The lowest BCUT2D eigenvalue weighted by Crippen LogP contribution is -2.00. The molecule has 0 unspecified atom stereocenters. The molecule has 5 heteroatoms. The van der Waals surface area contributed by atoms with Crippen molar-refractivity contribution in [1.82, 2.24) is 0 Å². The van der Waals surface area contributed by atoms with E-state index in [9.17, 15) is 4.79 Å². The Kier molecular flexibility index (Phi) is 4.79. The van der Waals surface area contributed by atoms with Crippen molar-refractivity contribution in [2.24, 2.45) is 5.16 Å². The zero-order valence-corrected chi connectivity index (χ0v) is 9.82. The Morgan fingerprint density at radius 1 is 1.38 bits per heavy atom. The number of halogens is 1. The highest BCUT2D eigenvalue weighted by atomic mass is 35.5. The number of benzene rings is 1. The minimum atomic E-state index is -0.424. The van der Waals surface area contributed by atoms with Crippen LogP contribution < -0.4 is 4.74 Å². The number of methoxy groups -OCH3 is 1. The molecule has 0 saturated heterocycles. The van der Waals surface area contributed by atoms with Crippen molar-refractivity contribution < 1.29 is 14.4 Å². The summed E-state index contributed by atoms with van der Waals surface area (Å²) in [5.41, 5.74) is 0.659. The fourth-order valence-corrected chi connectivity index (χ4v) is 1.10. The van der Waals surface area contributed by atoms with E-state index < -0.39 is 5.97 Å². The summed E-state index contributed by atoms with van der Waals surface area (Å²) < 4.78 is 5.00. The molecule has 86 valence electrons. The predicted molar refractivity (Wildman–Crippen MR) is 61.8 cm³/mol. The number of carbonyl (C=O) groups excluding carboxylic acids is 1. The van der Waals surface area contributed by atoms with Crippen LogP contribution in [0.4, 0.5) is 0 Å². The smallest absolute Gasteiger partial charge is 0.334 e. The zero-order valence-electron chi connectivity index (χ0n) is 9.07. The minimum Gasteiger partial charge on any atom is -0.497 e. The maximum absolute atomic E-state index is 10.8. The molecule has 0 aliphatic heterocycles. The molecule has 0 aromatic heterocycles. The Hall–Kier alpha value is -1.55. The van der Waals surface area contributed by atoms with Gasteiger partial charge < -0.3 is 9.57 Å². The molecule has 0 radical (unpaired) electrons. The highest BCUT2D eigenvalue weighted by Gasteiger charge is 2.03. The Morgan fingerprint density at radius 2 is 2.00 bits per heavy atom. The summed E-state index contributed by atoms with van der Waals surface area (Å²) in [5, 5.41) is 3.64. The summed E-state index contributed by atoms with van der Waals surface area (Å²) in [4.78, 5) is 15.4. The number of ether oxygens (including phenoxy) is 1. The van der Waals surface area contributed by atoms with Crippen molar-refractivity contribution in [3.05, 3.63) is 29.8 Å². The van der Waals surface area contributed by atoms with E-state index in [-0.39, 0.29) is 11.6 Å². The average molecular weight is 242 g/mol. The van der Waals surface area contributed by atoms with Gasteiger partial charge in [0.15, 0.2) is 5.17 Å². The quantitative estimate of drug-likeness (QED) is 0.462. The number of oxime groups is 1. The molecule has 0 N–H and O–H groups in total. The van der Waals surface area contributed by atoms with Crippen molar-refractivity contribution in [3.8, 4) is 5.75 Å². The van der Waals surface area contributed by atoms with Gasteiger partial charge in [-0.25, -0.2) is 4.79 Å². The first-order chi connectivity index (χ1) is 7.67. The molecule has 0 saturated carbocycles. The van der Waals surface area contributed by atoms with Gasteiger partial charge in [0.25, 0.3) is 0 Å². The lowest BCUT2D eigenvalue weighted by Gasteiger charge is -2.01. The van der Waals surface area contributed by atoms with Crippen molar-refractivity contribution in [3.63, 3.8) is 0 Å². The van der Waals surface area contributed by atoms with E-state index in [0.29, 0.717) is 5.56 Å². The van der Waals surface area contributed by atoms with Crippen molar-refractivity contribution in [2.75, 3.05) is 7.11 Å². The Labute approximate surface area is 98.8 Å². The molecule has 1 rings (SSSR count). The topological polar surface area (TPSA) is 47.9 Å². The molecule has 0 atom stereocenters. The van der Waals surface area contributed by atoms with Gasteiger partial charge in [0.05, 0.1) is 7.11 Å². The predicted octanol–water partition coefficient (Wildman–Crippen LogP) is 2.55. The van der Waals surface area contributed by atoms with Gasteiger partial charge in [-0.2, -0.15) is 0 Å². The van der Waals surface area contributed by atoms with Gasteiger partial charge in [-0.1, -0.05) is 23.7 Å². The van der Waals surface area contributed by atoms with Crippen LogP contribution in [0.15, 0.2) is 29.4 Å². The average Bonchev–Trinajstić information content (AvgIpc) is 2.35. The first-order valence-electron chi connectivity index (χ1n) is 4.75. The molecule has 16 heavy (non-hydrogen) atoms. The number of rotatable bonds is 4. The summed E-state index contributed by atoms with van der Waals surface area (Å²) in [5.74, 6) is 0.297. The summed E-state index contributed by atoms with van der Waals surface area (Å²) >= 11 is 5.83. The van der Waals surface area contributed by atoms with E-state index in [1.807, 2.05) is 0 Å². The van der Waals surface area contributed by atoms with E-state index in [1.54, 1.807) is 38.3 Å². The highest BCUT2D eigenvalue weighted by Crippen LogP contribution is 2.13. The van der Waals surface area contributed by atoms with Gasteiger partial charge in [0.2, 0.25) is 0 Å². The molecule has 0 spiro atoms. The number of carbonyl (C=O) groups is 1. The van der Waals surface area contributed by atoms with Crippen LogP contribution in [0, 0.1) is 0 Å². The van der Waals surface area contributed by atoms with E-state index in [0.717, 1.165) is 5.75 Å². The molecule has 0 amide bonds.